The number of likely N-dealkylation sites (tertiary alicyclic amines) is 1. The second-order valence-electron chi connectivity index (χ2n) is 5.17. The van der Waals surface area contributed by atoms with Gasteiger partial charge >= 0.3 is 0 Å². The second kappa shape index (κ2) is 4.52. The Bertz CT molecular complexity index is 328. The molecule has 0 aliphatic carbocycles. The van der Waals surface area contributed by atoms with E-state index in [0.717, 1.165) is 26.1 Å². The molecule has 88 valence electrons. The van der Waals surface area contributed by atoms with Gasteiger partial charge in [-0.25, -0.2) is 0 Å². The molecule has 2 N–H and O–H groups in total. The number of hydrogen-bond acceptors (Lipinski definition) is 3. The lowest BCUT2D eigenvalue weighted by Crippen LogP contribution is -2.70. The zero-order valence-corrected chi connectivity index (χ0v) is 10.2. The van der Waals surface area contributed by atoms with Gasteiger partial charge in [0.2, 0.25) is 0 Å². The summed E-state index contributed by atoms with van der Waals surface area (Å²) < 4.78 is 0. The van der Waals surface area contributed by atoms with Gasteiger partial charge in [0.1, 0.15) is 0 Å². The van der Waals surface area contributed by atoms with Crippen LogP contribution in [0.2, 0.25) is 0 Å². The predicted molar refractivity (Wildman–Crippen MR) is 66.1 cm³/mol. The molecule has 1 fully saturated rings. The van der Waals surface area contributed by atoms with Gasteiger partial charge in [0.05, 0.1) is 0 Å². The fraction of sp³-hybridized carbons (Fsp3) is 0.615. The lowest BCUT2D eigenvalue weighted by Gasteiger charge is -2.50. The van der Waals surface area contributed by atoms with Crippen molar-refractivity contribution in [1.82, 2.24) is 9.88 Å². The predicted octanol–water partition coefficient (Wildman–Crippen LogP) is 1.29. The smallest absolute Gasteiger partial charge is 0.0435 e. The summed E-state index contributed by atoms with van der Waals surface area (Å²) in [5.41, 5.74) is 7.46. The fourth-order valence-electron chi connectivity index (χ4n) is 2.13. The van der Waals surface area contributed by atoms with E-state index in [4.69, 9.17) is 5.73 Å². The van der Waals surface area contributed by atoms with Gasteiger partial charge in [0.25, 0.3) is 0 Å². The van der Waals surface area contributed by atoms with E-state index in [1.54, 1.807) is 0 Å². The lowest BCUT2D eigenvalue weighted by molar-refractivity contribution is 0.0388. The Hall–Kier alpha value is -0.930. The SMILES string of the molecule is CC(C)C1(N)CN(CCc2ccccn2)C1. The highest BCUT2D eigenvalue weighted by molar-refractivity contribution is 5.06. The Kier molecular flexibility index (Phi) is 3.26. The molecule has 1 aromatic rings. The van der Waals surface area contributed by atoms with E-state index in [2.05, 4.69) is 29.8 Å². The number of nitrogens with zero attached hydrogens (tertiary/aromatic N) is 2. The van der Waals surface area contributed by atoms with Gasteiger partial charge in [-0.1, -0.05) is 19.9 Å². The van der Waals surface area contributed by atoms with Crippen LogP contribution in [-0.4, -0.2) is 35.1 Å². The van der Waals surface area contributed by atoms with Gasteiger partial charge < -0.3 is 5.73 Å². The van der Waals surface area contributed by atoms with Crippen LogP contribution >= 0.6 is 0 Å². The average Bonchev–Trinajstić information content (AvgIpc) is 2.24. The topological polar surface area (TPSA) is 42.1 Å². The first-order valence-electron chi connectivity index (χ1n) is 6.01. The maximum Gasteiger partial charge on any atom is 0.0435 e. The summed E-state index contributed by atoms with van der Waals surface area (Å²) in [5.74, 6) is 0.568. The summed E-state index contributed by atoms with van der Waals surface area (Å²) in [6.07, 6.45) is 2.88. The van der Waals surface area contributed by atoms with Crippen molar-refractivity contribution < 1.29 is 0 Å². The highest BCUT2D eigenvalue weighted by Crippen LogP contribution is 2.25. The first kappa shape index (κ1) is 11.6. The van der Waals surface area contributed by atoms with E-state index >= 15 is 0 Å². The number of nitrogens with two attached hydrogens (primary N) is 1. The van der Waals surface area contributed by atoms with Gasteiger partial charge in [0, 0.05) is 43.5 Å². The third-order valence-electron chi connectivity index (χ3n) is 3.60. The molecule has 2 rings (SSSR count). The molecule has 16 heavy (non-hydrogen) atoms. The van der Waals surface area contributed by atoms with Crippen LogP contribution in [-0.2, 0) is 6.42 Å². The first-order valence-corrected chi connectivity index (χ1v) is 6.01. The van der Waals surface area contributed by atoms with E-state index in [-0.39, 0.29) is 5.54 Å². The quantitative estimate of drug-likeness (QED) is 0.830. The van der Waals surface area contributed by atoms with Gasteiger partial charge in [0.15, 0.2) is 0 Å². The summed E-state index contributed by atoms with van der Waals surface area (Å²) >= 11 is 0. The van der Waals surface area contributed by atoms with Crippen LogP contribution in [0.3, 0.4) is 0 Å². The third-order valence-corrected chi connectivity index (χ3v) is 3.60. The molecule has 2 heterocycles. The van der Waals surface area contributed by atoms with Gasteiger partial charge in [-0.3, -0.25) is 9.88 Å². The van der Waals surface area contributed by atoms with Crippen molar-refractivity contribution in [3.63, 3.8) is 0 Å². The maximum absolute atomic E-state index is 6.25. The Morgan fingerprint density at radius 2 is 2.19 bits per heavy atom. The molecule has 1 aromatic heterocycles. The standard InChI is InChI=1S/C13H21N3/c1-11(2)13(14)9-16(10-13)8-6-12-5-3-4-7-15-12/h3-5,7,11H,6,8-10,14H2,1-2H3. The van der Waals surface area contributed by atoms with Crippen LogP contribution in [0.4, 0.5) is 0 Å². The fourth-order valence-corrected chi connectivity index (χ4v) is 2.13. The average molecular weight is 219 g/mol. The summed E-state index contributed by atoms with van der Waals surface area (Å²) in [7, 11) is 0. The van der Waals surface area contributed by atoms with Crippen LogP contribution in [0.1, 0.15) is 19.5 Å². The Balaban J connectivity index is 1.75. The van der Waals surface area contributed by atoms with Crippen molar-refractivity contribution in [2.75, 3.05) is 19.6 Å². The number of hydrogen-bond donors (Lipinski definition) is 1. The van der Waals surface area contributed by atoms with Crippen molar-refractivity contribution in [1.29, 1.82) is 0 Å². The zero-order valence-electron chi connectivity index (χ0n) is 10.2. The maximum atomic E-state index is 6.25. The van der Waals surface area contributed by atoms with Crippen LogP contribution < -0.4 is 5.73 Å². The van der Waals surface area contributed by atoms with E-state index in [1.165, 1.54) is 5.69 Å². The highest BCUT2D eigenvalue weighted by atomic mass is 15.2. The van der Waals surface area contributed by atoms with Crippen LogP contribution in [0.25, 0.3) is 0 Å². The van der Waals surface area contributed by atoms with Crippen molar-refractivity contribution in [2.45, 2.75) is 25.8 Å². The first-order chi connectivity index (χ1) is 7.60. The summed E-state index contributed by atoms with van der Waals surface area (Å²) in [6, 6.07) is 6.08. The Morgan fingerprint density at radius 1 is 1.44 bits per heavy atom. The minimum absolute atomic E-state index is 0.0458. The molecule has 1 aliphatic heterocycles. The molecule has 0 atom stereocenters. The summed E-state index contributed by atoms with van der Waals surface area (Å²) in [5, 5.41) is 0. The molecule has 0 radical (unpaired) electrons. The molecule has 0 amide bonds. The molecule has 0 bridgehead atoms. The van der Waals surface area contributed by atoms with E-state index in [0.29, 0.717) is 5.92 Å². The van der Waals surface area contributed by atoms with Crippen LogP contribution in [0.5, 0.6) is 0 Å². The van der Waals surface area contributed by atoms with E-state index in [9.17, 15) is 0 Å². The Morgan fingerprint density at radius 3 is 2.75 bits per heavy atom. The van der Waals surface area contributed by atoms with Crippen LogP contribution in [0.15, 0.2) is 24.4 Å². The Labute approximate surface area is 97.7 Å². The molecule has 3 heteroatoms. The summed E-state index contributed by atoms with van der Waals surface area (Å²) in [4.78, 5) is 6.73. The minimum Gasteiger partial charge on any atom is -0.323 e. The third kappa shape index (κ3) is 2.42. The molecule has 1 aliphatic rings. The molecular formula is C13H21N3. The minimum atomic E-state index is 0.0458. The van der Waals surface area contributed by atoms with Gasteiger partial charge in [-0.2, -0.15) is 0 Å². The van der Waals surface area contributed by atoms with E-state index < -0.39 is 0 Å². The molecule has 1 saturated heterocycles. The second-order valence-corrected chi connectivity index (χ2v) is 5.17. The number of rotatable bonds is 4. The molecule has 0 spiro atoms. The van der Waals surface area contributed by atoms with Gasteiger partial charge in [-0.05, 0) is 18.1 Å². The van der Waals surface area contributed by atoms with Crippen molar-refractivity contribution in [3.8, 4) is 0 Å². The van der Waals surface area contributed by atoms with Crippen molar-refractivity contribution in [3.05, 3.63) is 30.1 Å². The zero-order chi connectivity index (χ0) is 11.6. The van der Waals surface area contributed by atoms with E-state index in [1.807, 2.05) is 18.3 Å². The number of aromatic nitrogens is 1. The largest absolute Gasteiger partial charge is 0.323 e. The summed E-state index contributed by atoms with van der Waals surface area (Å²) in [6.45, 7) is 7.53. The number of pyridine rings is 1. The lowest BCUT2D eigenvalue weighted by atomic mass is 9.80. The van der Waals surface area contributed by atoms with Gasteiger partial charge in [-0.15, -0.1) is 0 Å². The van der Waals surface area contributed by atoms with Crippen molar-refractivity contribution >= 4 is 0 Å². The molecule has 0 aromatic carbocycles. The monoisotopic (exact) mass is 219 g/mol. The normalized spacial score (nSPS) is 19.8. The molecular weight excluding hydrogens is 198 g/mol. The molecule has 0 unspecified atom stereocenters. The van der Waals surface area contributed by atoms with Crippen LogP contribution in [0, 0.1) is 5.92 Å². The molecule has 3 nitrogen and oxygen atoms in total. The highest BCUT2D eigenvalue weighted by Gasteiger charge is 2.41. The van der Waals surface area contributed by atoms with Crippen molar-refractivity contribution in [2.24, 2.45) is 11.7 Å². The molecule has 0 saturated carbocycles.